The van der Waals surface area contributed by atoms with Crippen molar-refractivity contribution in [1.82, 2.24) is 24.2 Å². The summed E-state index contributed by atoms with van der Waals surface area (Å²) in [5.74, 6) is -0.162. The molecule has 1 amide bonds. The molecule has 0 bridgehead atoms. The fourth-order valence-electron chi connectivity index (χ4n) is 3.96. The van der Waals surface area contributed by atoms with E-state index in [2.05, 4.69) is 22.1 Å². The summed E-state index contributed by atoms with van der Waals surface area (Å²) >= 11 is 0. The lowest BCUT2D eigenvalue weighted by molar-refractivity contribution is -0.121. The van der Waals surface area contributed by atoms with Crippen molar-refractivity contribution in [3.63, 3.8) is 0 Å². The van der Waals surface area contributed by atoms with Crippen LogP contribution >= 0.6 is 0 Å². The molecule has 7 heteroatoms. The van der Waals surface area contributed by atoms with Gasteiger partial charge in [-0.3, -0.25) is 19.1 Å². The van der Waals surface area contributed by atoms with Crippen LogP contribution in [0.25, 0.3) is 16.7 Å². The molecular weight excluding hydrogens is 342 g/mol. The Bertz CT molecular complexity index is 1020. The average Bonchev–Trinajstić information content (AvgIpc) is 3.17. The molecule has 1 aliphatic rings. The van der Waals surface area contributed by atoms with Crippen LogP contribution in [-0.4, -0.2) is 50.4 Å². The fourth-order valence-corrected chi connectivity index (χ4v) is 3.96. The molecule has 1 saturated heterocycles. The Labute approximate surface area is 157 Å². The number of nitrogens with one attached hydrogen (secondary N) is 1. The molecule has 4 rings (SSSR count). The Morgan fingerprint density at radius 2 is 2.11 bits per heavy atom. The van der Waals surface area contributed by atoms with Gasteiger partial charge < -0.3 is 9.72 Å². The van der Waals surface area contributed by atoms with E-state index >= 15 is 0 Å². The van der Waals surface area contributed by atoms with Gasteiger partial charge in [-0.1, -0.05) is 6.42 Å². The third kappa shape index (κ3) is 3.47. The standard InChI is InChI=1S/C20H25N5O2/c1-15-6-2-3-11-23(15)13-10-21-18(26)14-25-19-16(7-4-9-22-19)24-12-5-8-17(24)20(25)27/h4-5,7-9,12,15H,2-3,6,10-11,13-14H2,1H3,(H,21,26). The fraction of sp³-hybridized carbons (Fsp3) is 0.450. The van der Waals surface area contributed by atoms with Crippen LogP contribution in [0, 0.1) is 0 Å². The zero-order chi connectivity index (χ0) is 18.8. The molecule has 1 atom stereocenters. The Balaban J connectivity index is 1.50. The van der Waals surface area contributed by atoms with Crippen molar-refractivity contribution in [3.8, 4) is 0 Å². The van der Waals surface area contributed by atoms with Crippen LogP contribution in [0.2, 0.25) is 0 Å². The molecule has 1 aliphatic heterocycles. The smallest absolute Gasteiger partial charge is 0.276 e. The van der Waals surface area contributed by atoms with Gasteiger partial charge in [-0.25, -0.2) is 4.98 Å². The van der Waals surface area contributed by atoms with Gasteiger partial charge in [0.2, 0.25) is 5.91 Å². The van der Waals surface area contributed by atoms with E-state index in [1.54, 1.807) is 12.3 Å². The van der Waals surface area contributed by atoms with Crippen LogP contribution in [0.5, 0.6) is 0 Å². The van der Waals surface area contributed by atoms with Crippen molar-refractivity contribution in [2.75, 3.05) is 19.6 Å². The first-order valence-electron chi connectivity index (χ1n) is 9.60. The number of hydrogen-bond acceptors (Lipinski definition) is 4. The van der Waals surface area contributed by atoms with Gasteiger partial charge in [-0.15, -0.1) is 0 Å². The second-order valence-electron chi connectivity index (χ2n) is 7.23. The van der Waals surface area contributed by atoms with Crippen molar-refractivity contribution in [2.45, 2.75) is 38.8 Å². The number of hydrogen-bond donors (Lipinski definition) is 1. The van der Waals surface area contributed by atoms with Gasteiger partial charge in [0.05, 0.1) is 5.52 Å². The highest BCUT2D eigenvalue weighted by Crippen LogP contribution is 2.15. The van der Waals surface area contributed by atoms with E-state index in [0.29, 0.717) is 23.8 Å². The SMILES string of the molecule is CC1CCCCN1CCNC(=O)Cn1c(=O)c2cccn2c2cccnc21. The largest absolute Gasteiger partial charge is 0.353 e. The van der Waals surface area contributed by atoms with E-state index in [4.69, 9.17) is 0 Å². The lowest BCUT2D eigenvalue weighted by atomic mass is 10.0. The van der Waals surface area contributed by atoms with E-state index < -0.39 is 0 Å². The average molecular weight is 367 g/mol. The quantitative estimate of drug-likeness (QED) is 0.744. The molecule has 0 aliphatic carbocycles. The summed E-state index contributed by atoms with van der Waals surface area (Å²) in [5, 5.41) is 2.96. The number of rotatable bonds is 5. The molecule has 0 saturated carbocycles. The highest BCUT2D eigenvalue weighted by molar-refractivity contribution is 5.80. The predicted octanol–water partition coefficient (Wildman–Crippen LogP) is 1.64. The monoisotopic (exact) mass is 367 g/mol. The van der Waals surface area contributed by atoms with Crippen molar-refractivity contribution in [3.05, 3.63) is 47.0 Å². The first-order valence-corrected chi connectivity index (χ1v) is 9.60. The van der Waals surface area contributed by atoms with E-state index in [-0.39, 0.29) is 18.0 Å². The Morgan fingerprint density at radius 3 is 2.96 bits per heavy atom. The zero-order valence-corrected chi connectivity index (χ0v) is 15.6. The molecule has 3 aromatic rings. The molecule has 142 valence electrons. The molecule has 1 unspecified atom stereocenters. The van der Waals surface area contributed by atoms with Gasteiger partial charge in [0.1, 0.15) is 12.1 Å². The number of piperidine rings is 1. The van der Waals surface area contributed by atoms with E-state index in [0.717, 1.165) is 18.6 Å². The summed E-state index contributed by atoms with van der Waals surface area (Å²) in [6.07, 6.45) is 7.21. The number of nitrogens with zero attached hydrogens (tertiary/aromatic N) is 4. The summed E-state index contributed by atoms with van der Waals surface area (Å²) in [4.78, 5) is 32.1. The second-order valence-corrected chi connectivity index (χ2v) is 7.23. The molecule has 27 heavy (non-hydrogen) atoms. The minimum absolute atomic E-state index is 0.0242. The van der Waals surface area contributed by atoms with E-state index in [1.165, 1.54) is 23.8 Å². The van der Waals surface area contributed by atoms with Gasteiger partial charge in [0.15, 0.2) is 5.65 Å². The number of pyridine rings is 1. The van der Waals surface area contributed by atoms with Crippen LogP contribution in [0.3, 0.4) is 0 Å². The van der Waals surface area contributed by atoms with Gasteiger partial charge in [-0.05, 0) is 50.6 Å². The van der Waals surface area contributed by atoms with Gasteiger partial charge in [0.25, 0.3) is 5.56 Å². The van der Waals surface area contributed by atoms with Gasteiger partial charge in [0, 0.05) is 31.5 Å². The minimum atomic E-state index is -0.203. The maximum absolute atomic E-state index is 12.8. The van der Waals surface area contributed by atoms with Crippen LogP contribution in [0.4, 0.5) is 0 Å². The van der Waals surface area contributed by atoms with Crippen LogP contribution in [-0.2, 0) is 11.3 Å². The lowest BCUT2D eigenvalue weighted by Gasteiger charge is -2.33. The highest BCUT2D eigenvalue weighted by atomic mass is 16.2. The summed E-state index contributed by atoms with van der Waals surface area (Å²) in [5.41, 5.74) is 1.68. The van der Waals surface area contributed by atoms with Crippen LogP contribution in [0.15, 0.2) is 41.5 Å². The number of fused-ring (bicyclic) bond motifs is 3. The molecule has 1 N–H and O–H groups in total. The second kappa shape index (κ2) is 7.52. The maximum atomic E-state index is 12.8. The Morgan fingerprint density at radius 1 is 1.26 bits per heavy atom. The number of carbonyl (C=O) groups excluding carboxylic acids is 1. The van der Waals surface area contributed by atoms with Crippen LogP contribution < -0.4 is 10.9 Å². The highest BCUT2D eigenvalue weighted by Gasteiger charge is 2.18. The lowest BCUT2D eigenvalue weighted by Crippen LogP contribution is -2.43. The third-order valence-corrected chi connectivity index (χ3v) is 5.46. The topological polar surface area (TPSA) is 71.6 Å². The Hall–Kier alpha value is -2.67. The van der Waals surface area contributed by atoms with Crippen molar-refractivity contribution in [2.24, 2.45) is 0 Å². The number of likely N-dealkylation sites (tertiary alicyclic amines) is 1. The molecule has 0 spiro atoms. The molecule has 0 radical (unpaired) electrons. The molecule has 0 aromatic carbocycles. The summed E-state index contributed by atoms with van der Waals surface area (Å²) in [6, 6.07) is 7.90. The van der Waals surface area contributed by atoms with E-state index in [1.807, 2.05) is 28.8 Å². The molecule has 3 aromatic heterocycles. The van der Waals surface area contributed by atoms with Crippen molar-refractivity contribution < 1.29 is 4.79 Å². The predicted molar refractivity (Wildman–Crippen MR) is 105 cm³/mol. The summed E-state index contributed by atoms with van der Waals surface area (Å²) in [7, 11) is 0. The zero-order valence-electron chi connectivity index (χ0n) is 15.6. The molecule has 7 nitrogen and oxygen atoms in total. The molecule has 1 fully saturated rings. The normalized spacial score (nSPS) is 18.2. The van der Waals surface area contributed by atoms with Gasteiger partial charge >= 0.3 is 0 Å². The number of amides is 1. The van der Waals surface area contributed by atoms with E-state index in [9.17, 15) is 9.59 Å². The van der Waals surface area contributed by atoms with Gasteiger partial charge in [-0.2, -0.15) is 0 Å². The molecular formula is C20H25N5O2. The first kappa shape index (κ1) is 17.7. The maximum Gasteiger partial charge on any atom is 0.276 e. The summed E-state index contributed by atoms with van der Waals surface area (Å²) in [6.45, 7) is 4.75. The molecule has 4 heterocycles. The summed E-state index contributed by atoms with van der Waals surface area (Å²) < 4.78 is 3.28. The van der Waals surface area contributed by atoms with Crippen molar-refractivity contribution >= 4 is 22.6 Å². The van der Waals surface area contributed by atoms with Crippen molar-refractivity contribution in [1.29, 1.82) is 0 Å². The third-order valence-electron chi connectivity index (χ3n) is 5.46. The minimum Gasteiger partial charge on any atom is -0.353 e. The number of aromatic nitrogens is 3. The number of carbonyl (C=O) groups is 1. The van der Waals surface area contributed by atoms with Crippen LogP contribution in [0.1, 0.15) is 26.2 Å². The Kier molecular flexibility index (Phi) is 4.94. The first-order chi connectivity index (χ1) is 13.1.